The van der Waals surface area contributed by atoms with E-state index in [2.05, 4.69) is 17.7 Å². The van der Waals surface area contributed by atoms with E-state index in [0.29, 0.717) is 11.6 Å². The third-order valence-corrected chi connectivity index (χ3v) is 3.25. The van der Waals surface area contributed by atoms with Crippen molar-refractivity contribution < 1.29 is 4.74 Å². The Kier molecular flexibility index (Phi) is 3.60. The van der Waals surface area contributed by atoms with Gasteiger partial charge in [0, 0.05) is 18.1 Å². The molecule has 17 heavy (non-hydrogen) atoms. The van der Waals surface area contributed by atoms with E-state index in [1.807, 2.05) is 12.1 Å². The molecule has 3 nitrogen and oxygen atoms in total. The van der Waals surface area contributed by atoms with Crippen molar-refractivity contribution >= 4 is 22.5 Å². The number of nitrogens with zero attached hydrogens (tertiary/aromatic N) is 1. The molecule has 0 aliphatic carbocycles. The Morgan fingerprint density at radius 3 is 2.82 bits per heavy atom. The number of ether oxygens (including phenoxy) is 1. The van der Waals surface area contributed by atoms with Crippen LogP contribution in [0.2, 0.25) is 5.02 Å². The lowest BCUT2D eigenvalue weighted by atomic mass is 10.2. The van der Waals surface area contributed by atoms with Gasteiger partial charge >= 0.3 is 0 Å². The lowest BCUT2D eigenvalue weighted by Crippen LogP contribution is -2.04. The average molecular weight is 253 g/mol. The minimum Gasteiger partial charge on any atom is -0.495 e. The van der Waals surface area contributed by atoms with Gasteiger partial charge in [-0.1, -0.05) is 11.6 Å². The minimum atomic E-state index is 0.645. The lowest BCUT2D eigenvalue weighted by molar-refractivity contribution is 0.415. The SMILES string of the molecule is COc1cc2c(C)cn(CCCN)c2cc1Cl. The topological polar surface area (TPSA) is 40.2 Å². The molecule has 1 aromatic heterocycles. The Balaban J connectivity index is 2.54. The van der Waals surface area contributed by atoms with Gasteiger partial charge in [0.05, 0.1) is 17.6 Å². The maximum atomic E-state index is 6.16. The molecule has 0 radical (unpaired) electrons. The van der Waals surface area contributed by atoms with Crippen LogP contribution in [-0.4, -0.2) is 18.2 Å². The second kappa shape index (κ2) is 4.98. The van der Waals surface area contributed by atoms with E-state index in [1.54, 1.807) is 7.11 Å². The van der Waals surface area contributed by atoms with Gasteiger partial charge in [0.1, 0.15) is 5.75 Å². The third kappa shape index (κ3) is 2.26. The molecule has 0 saturated carbocycles. The normalized spacial score (nSPS) is 11.1. The van der Waals surface area contributed by atoms with Crippen molar-refractivity contribution in [2.45, 2.75) is 19.9 Å². The van der Waals surface area contributed by atoms with Crippen molar-refractivity contribution in [3.05, 3.63) is 28.9 Å². The van der Waals surface area contributed by atoms with Crippen LogP contribution in [-0.2, 0) is 6.54 Å². The Morgan fingerprint density at radius 2 is 2.18 bits per heavy atom. The summed E-state index contributed by atoms with van der Waals surface area (Å²) in [5.74, 6) is 0.721. The van der Waals surface area contributed by atoms with E-state index in [0.717, 1.165) is 24.2 Å². The molecule has 0 spiro atoms. The van der Waals surface area contributed by atoms with Gasteiger partial charge in [-0.3, -0.25) is 0 Å². The molecule has 0 fully saturated rings. The molecule has 0 bridgehead atoms. The Hall–Kier alpha value is -1.19. The molecule has 1 aromatic carbocycles. The maximum absolute atomic E-state index is 6.16. The molecule has 92 valence electrons. The summed E-state index contributed by atoms with van der Waals surface area (Å²) in [6, 6.07) is 3.95. The summed E-state index contributed by atoms with van der Waals surface area (Å²) < 4.78 is 7.43. The number of aryl methyl sites for hydroxylation is 2. The van der Waals surface area contributed by atoms with E-state index >= 15 is 0 Å². The van der Waals surface area contributed by atoms with Crippen molar-refractivity contribution in [2.24, 2.45) is 5.73 Å². The molecule has 0 saturated heterocycles. The van der Waals surface area contributed by atoms with Crippen molar-refractivity contribution in [1.82, 2.24) is 4.57 Å². The average Bonchev–Trinajstić information content (AvgIpc) is 2.62. The predicted octanol–water partition coefficient (Wildman–Crippen LogP) is 2.96. The number of aromatic nitrogens is 1. The van der Waals surface area contributed by atoms with Gasteiger partial charge in [-0.15, -0.1) is 0 Å². The second-order valence-electron chi connectivity index (χ2n) is 4.15. The molecule has 0 unspecified atom stereocenters. The summed E-state index contributed by atoms with van der Waals surface area (Å²) in [4.78, 5) is 0. The third-order valence-electron chi connectivity index (χ3n) is 2.96. The van der Waals surface area contributed by atoms with Crippen LogP contribution in [0.15, 0.2) is 18.3 Å². The monoisotopic (exact) mass is 252 g/mol. The van der Waals surface area contributed by atoms with Crippen molar-refractivity contribution in [2.75, 3.05) is 13.7 Å². The van der Waals surface area contributed by atoms with Gasteiger partial charge in [0.25, 0.3) is 0 Å². The Bertz CT molecular complexity index is 534. The maximum Gasteiger partial charge on any atom is 0.138 e. The quantitative estimate of drug-likeness (QED) is 0.909. The van der Waals surface area contributed by atoms with Crippen LogP contribution in [0.5, 0.6) is 5.75 Å². The summed E-state index contributed by atoms with van der Waals surface area (Å²) in [6.07, 6.45) is 3.10. The van der Waals surface area contributed by atoms with Gasteiger partial charge in [0.2, 0.25) is 0 Å². The van der Waals surface area contributed by atoms with Crippen molar-refractivity contribution in [3.63, 3.8) is 0 Å². The highest BCUT2D eigenvalue weighted by molar-refractivity contribution is 6.32. The van der Waals surface area contributed by atoms with E-state index in [9.17, 15) is 0 Å². The molecule has 4 heteroatoms. The standard InChI is InChI=1S/C13H17ClN2O/c1-9-8-16(5-3-4-15)12-7-11(14)13(17-2)6-10(9)12/h6-8H,3-5,15H2,1-2H3. The largest absolute Gasteiger partial charge is 0.495 e. The molecule has 0 atom stereocenters. The van der Waals surface area contributed by atoms with Gasteiger partial charge in [-0.25, -0.2) is 0 Å². The van der Waals surface area contributed by atoms with Crippen LogP contribution in [0, 0.1) is 6.92 Å². The highest BCUT2D eigenvalue weighted by atomic mass is 35.5. The first kappa shape index (κ1) is 12.3. The zero-order valence-electron chi connectivity index (χ0n) is 10.2. The smallest absolute Gasteiger partial charge is 0.138 e. The number of rotatable bonds is 4. The van der Waals surface area contributed by atoms with Gasteiger partial charge in [0.15, 0.2) is 0 Å². The van der Waals surface area contributed by atoms with Crippen molar-refractivity contribution in [1.29, 1.82) is 0 Å². The first-order valence-electron chi connectivity index (χ1n) is 5.70. The van der Waals surface area contributed by atoms with Crippen LogP contribution < -0.4 is 10.5 Å². The van der Waals surface area contributed by atoms with Gasteiger partial charge < -0.3 is 15.0 Å². The molecule has 2 N–H and O–H groups in total. The van der Waals surface area contributed by atoms with Crippen molar-refractivity contribution in [3.8, 4) is 5.75 Å². The van der Waals surface area contributed by atoms with Gasteiger partial charge in [-0.2, -0.15) is 0 Å². The minimum absolute atomic E-state index is 0.645. The summed E-state index contributed by atoms with van der Waals surface area (Å²) in [6.45, 7) is 3.71. The first-order valence-corrected chi connectivity index (χ1v) is 6.08. The van der Waals surface area contributed by atoms with Crippen LogP contribution in [0.4, 0.5) is 0 Å². The number of nitrogens with two attached hydrogens (primary N) is 1. The van der Waals surface area contributed by atoms with E-state index < -0.39 is 0 Å². The Labute approximate surface area is 106 Å². The fraction of sp³-hybridized carbons (Fsp3) is 0.385. The summed E-state index contributed by atoms with van der Waals surface area (Å²) in [7, 11) is 1.63. The molecule has 2 aromatic rings. The summed E-state index contributed by atoms with van der Waals surface area (Å²) in [5.41, 5.74) is 7.91. The predicted molar refractivity (Wildman–Crippen MR) is 71.9 cm³/mol. The number of methoxy groups -OCH3 is 1. The first-order chi connectivity index (χ1) is 8.17. The molecular formula is C13H17ClN2O. The summed E-state index contributed by atoms with van der Waals surface area (Å²) >= 11 is 6.16. The van der Waals surface area contributed by atoms with Gasteiger partial charge in [-0.05, 0) is 37.6 Å². The highest BCUT2D eigenvalue weighted by Crippen LogP contribution is 2.32. The zero-order valence-corrected chi connectivity index (χ0v) is 10.9. The molecule has 0 aliphatic rings. The number of halogens is 1. The molecule has 0 aliphatic heterocycles. The number of fused-ring (bicyclic) bond motifs is 1. The number of benzene rings is 1. The van der Waals surface area contributed by atoms with Crippen LogP contribution >= 0.6 is 11.6 Å². The van der Waals surface area contributed by atoms with E-state index in [4.69, 9.17) is 22.1 Å². The lowest BCUT2D eigenvalue weighted by Gasteiger charge is -2.06. The highest BCUT2D eigenvalue weighted by Gasteiger charge is 2.09. The van der Waals surface area contributed by atoms with Crippen LogP contribution in [0.25, 0.3) is 10.9 Å². The zero-order chi connectivity index (χ0) is 12.4. The van der Waals surface area contributed by atoms with Crippen LogP contribution in [0.3, 0.4) is 0 Å². The molecule has 2 rings (SSSR count). The number of hydrogen-bond acceptors (Lipinski definition) is 2. The summed E-state index contributed by atoms with van der Waals surface area (Å²) in [5, 5.41) is 1.83. The fourth-order valence-corrected chi connectivity index (χ4v) is 2.31. The second-order valence-corrected chi connectivity index (χ2v) is 4.56. The Morgan fingerprint density at radius 1 is 1.41 bits per heavy atom. The molecular weight excluding hydrogens is 236 g/mol. The molecule has 1 heterocycles. The van der Waals surface area contributed by atoms with E-state index in [1.165, 1.54) is 10.9 Å². The van der Waals surface area contributed by atoms with E-state index in [-0.39, 0.29) is 0 Å². The fourth-order valence-electron chi connectivity index (χ4n) is 2.07. The number of hydrogen-bond donors (Lipinski definition) is 1. The molecule has 0 amide bonds. The van der Waals surface area contributed by atoms with Crippen LogP contribution in [0.1, 0.15) is 12.0 Å².